The minimum atomic E-state index is 0.925. The van der Waals surface area contributed by atoms with Crippen LogP contribution in [-0.4, -0.2) is 0 Å². The smallest absolute Gasteiger partial charge is 0.131 e. The Kier molecular flexibility index (Phi) is 3.55. The largest absolute Gasteiger partial charge is 0.457 e. The highest BCUT2D eigenvalue weighted by Crippen LogP contribution is 2.39. The van der Waals surface area contributed by atoms with Gasteiger partial charge in [0.05, 0.1) is 0 Å². The van der Waals surface area contributed by atoms with Crippen molar-refractivity contribution in [2.75, 3.05) is 0 Å². The summed E-state index contributed by atoms with van der Waals surface area (Å²) in [6, 6.07) is 20.9. The van der Waals surface area contributed by atoms with Crippen LogP contribution in [0.1, 0.15) is 11.1 Å². The predicted octanol–water partition coefficient (Wildman–Crippen LogP) is 6.58. The fraction of sp³-hybridized carbons (Fsp3) is 0.0526. The molecular weight excluding hydrogens is 404 g/mol. The van der Waals surface area contributed by atoms with Crippen molar-refractivity contribution >= 4 is 31.9 Å². The van der Waals surface area contributed by atoms with Crippen LogP contribution in [0.25, 0.3) is 11.1 Å². The number of para-hydroxylation sites is 1. The minimum Gasteiger partial charge on any atom is -0.457 e. The maximum absolute atomic E-state index is 6.08. The van der Waals surface area contributed by atoms with Gasteiger partial charge in [0.15, 0.2) is 0 Å². The van der Waals surface area contributed by atoms with Gasteiger partial charge in [-0.15, -0.1) is 0 Å². The molecule has 0 saturated heterocycles. The highest BCUT2D eigenvalue weighted by atomic mass is 79.9. The van der Waals surface area contributed by atoms with Crippen molar-refractivity contribution in [1.29, 1.82) is 0 Å². The van der Waals surface area contributed by atoms with Gasteiger partial charge < -0.3 is 4.74 Å². The Bertz CT molecular complexity index is 851. The third-order valence-electron chi connectivity index (χ3n) is 3.84. The number of hydrogen-bond acceptors (Lipinski definition) is 1. The molecule has 1 heterocycles. The zero-order chi connectivity index (χ0) is 15.1. The van der Waals surface area contributed by atoms with E-state index < -0.39 is 0 Å². The summed E-state index contributed by atoms with van der Waals surface area (Å²) in [5.41, 5.74) is 4.79. The molecular formula is C19H12Br2O. The second kappa shape index (κ2) is 5.56. The SMILES string of the molecule is Brc1cc(Br)cc(-c2ccc3c(c2)Oc2ccccc2C3)c1. The van der Waals surface area contributed by atoms with E-state index in [1.165, 1.54) is 11.1 Å². The molecule has 0 saturated carbocycles. The van der Waals surface area contributed by atoms with Crippen molar-refractivity contribution in [3.05, 3.63) is 80.7 Å². The van der Waals surface area contributed by atoms with E-state index in [-0.39, 0.29) is 0 Å². The number of fused-ring (bicyclic) bond motifs is 2. The molecule has 0 fully saturated rings. The van der Waals surface area contributed by atoms with E-state index in [1.807, 2.05) is 18.2 Å². The van der Waals surface area contributed by atoms with Crippen LogP contribution in [0, 0.1) is 0 Å². The van der Waals surface area contributed by atoms with Crippen LogP contribution in [0.3, 0.4) is 0 Å². The van der Waals surface area contributed by atoms with Crippen LogP contribution in [0.15, 0.2) is 69.6 Å². The monoisotopic (exact) mass is 414 g/mol. The second-order valence-corrected chi connectivity index (χ2v) is 7.20. The molecule has 1 aliphatic rings. The molecule has 3 aromatic carbocycles. The summed E-state index contributed by atoms with van der Waals surface area (Å²) < 4.78 is 8.19. The Morgan fingerprint density at radius 3 is 2.23 bits per heavy atom. The molecule has 4 rings (SSSR count). The summed E-state index contributed by atoms with van der Waals surface area (Å²) in [4.78, 5) is 0. The van der Waals surface area contributed by atoms with E-state index in [1.54, 1.807) is 0 Å². The molecule has 0 bridgehead atoms. The van der Waals surface area contributed by atoms with Crippen LogP contribution < -0.4 is 4.74 Å². The highest BCUT2D eigenvalue weighted by molar-refractivity contribution is 9.11. The Morgan fingerprint density at radius 2 is 1.41 bits per heavy atom. The summed E-state index contributed by atoms with van der Waals surface area (Å²) in [5, 5.41) is 0. The van der Waals surface area contributed by atoms with Gasteiger partial charge in [-0.3, -0.25) is 0 Å². The van der Waals surface area contributed by atoms with E-state index in [2.05, 4.69) is 74.3 Å². The lowest BCUT2D eigenvalue weighted by molar-refractivity contribution is 0.460. The molecule has 1 aliphatic heterocycles. The maximum atomic E-state index is 6.08. The van der Waals surface area contributed by atoms with Crippen LogP contribution >= 0.6 is 31.9 Å². The average molecular weight is 416 g/mol. The van der Waals surface area contributed by atoms with Crippen molar-refractivity contribution in [3.63, 3.8) is 0 Å². The van der Waals surface area contributed by atoms with Crippen molar-refractivity contribution in [3.8, 4) is 22.6 Å². The normalized spacial score (nSPS) is 12.3. The lowest BCUT2D eigenvalue weighted by atomic mass is 9.97. The summed E-state index contributed by atoms with van der Waals surface area (Å²) in [6.45, 7) is 0. The summed E-state index contributed by atoms with van der Waals surface area (Å²) >= 11 is 7.09. The van der Waals surface area contributed by atoms with Gasteiger partial charge in [0, 0.05) is 15.4 Å². The molecule has 0 amide bonds. The molecule has 0 aliphatic carbocycles. The highest BCUT2D eigenvalue weighted by Gasteiger charge is 2.17. The predicted molar refractivity (Wildman–Crippen MR) is 96.6 cm³/mol. The molecule has 3 heteroatoms. The first-order valence-electron chi connectivity index (χ1n) is 7.04. The zero-order valence-corrected chi connectivity index (χ0v) is 14.8. The Hall–Kier alpha value is -1.58. The summed E-state index contributed by atoms with van der Waals surface area (Å²) in [6.07, 6.45) is 0.925. The quantitative estimate of drug-likeness (QED) is 0.341. The Labute approximate surface area is 146 Å². The van der Waals surface area contributed by atoms with E-state index in [4.69, 9.17) is 4.74 Å². The molecule has 0 atom stereocenters. The fourth-order valence-corrected chi connectivity index (χ4v) is 4.06. The van der Waals surface area contributed by atoms with Gasteiger partial charge in [-0.05, 0) is 52.6 Å². The van der Waals surface area contributed by atoms with Crippen molar-refractivity contribution in [2.24, 2.45) is 0 Å². The average Bonchev–Trinajstić information content (AvgIpc) is 2.51. The van der Waals surface area contributed by atoms with Crippen molar-refractivity contribution in [1.82, 2.24) is 0 Å². The molecule has 0 aromatic heterocycles. The molecule has 0 spiro atoms. The first kappa shape index (κ1) is 14.0. The van der Waals surface area contributed by atoms with Gasteiger partial charge in [0.1, 0.15) is 11.5 Å². The first-order chi connectivity index (χ1) is 10.7. The van der Waals surface area contributed by atoms with Gasteiger partial charge in [0.2, 0.25) is 0 Å². The van der Waals surface area contributed by atoms with E-state index in [9.17, 15) is 0 Å². The van der Waals surface area contributed by atoms with Crippen LogP contribution in [-0.2, 0) is 6.42 Å². The Morgan fingerprint density at radius 1 is 0.682 bits per heavy atom. The number of hydrogen-bond donors (Lipinski definition) is 0. The van der Waals surface area contributed by atoms with Gasteiger partial charge in [0.25, 0.3) is 0 Å². The molecule has 0 N–H and O–H groups in total. The van der Waals surface area contributed by atoms with Gasteiger partial charge in [-0.2, -0.15) is 0 Å². The molecule has 0 unspecified atom stereocenters. The van der Waals surface area contributed by atoms with E-state index in [0.29, 0.717) is 0 Å². The summed E-state index contributed by atoms with van der Waals surface area (Å²) in [7, 11) is 0. The number of ether oxygens (including phenoxy) is 1. The van der Waals surface area contributed by atoms with Gasteiger partial charge in [-0.1, -0.05) is 62.2 Å². The van der Waals surface area contributed by atoms with E-state index >= 15 is 0 Å². The molecule has 1 nitrogen and oxygen atoms in total. The second-order valence-electron chi connectivity index (χ2n) is 5.37. The third-order valence-corrected chi connectivity index (χ3v) is 4.75. The van der Waals surface area contributed by atoms with Crippen molar-refractivity contribution < 1.29 is 4.74 Å². The van der Waals surface area contributed by atoms with Crippen molar-refractivity contribution in [2.45, 2.75) is 6.42 Å². The lowest BCUT2D eigenvalue weighted by Gasteiger charge is -2.20. The summed E-state index contributed by atoms with van der Waals surface area (Å²) in [5.74, 6) is 1.91. The first-order valence-corrected chi connectivity index (χ1v) is 8.63. The maximum Gasteiger partial charge on any atom is 0.131 e. The Balaban J connectivity index is 1.77. The third kappa shape index (κ3) is 2.59. The molecule has 22 heavy (non-hydrogen) atoms. The van der Waals surface area contributed by atoms with Gasteiger partial charge in [-0.25, -0.2) is 0 Å². The minimum absolute atomic E-state index is 0.925. The van der Waals surface area contributed by atoms with Gasteiger partial charge >= 0.3 is 0 Å². The van der Waals surface area contributed by atoms with E-state index in [0.717, 1.165) is 38.0 Å². The lowest BCUT2D eigenvalue weighted by Crippen LogP contribution is -2.02. The number of halogens is 2. The number of benzene rings is 3. The van der Waals surface area contributed by atoms with Crippen LogP contribution in [0.5, 0.6) is 11.5 Å². The molecule has 108 valence electrons. The standard InChI is InChI=1S/C19H12Br2O/c20-16-8-15(9-17(21)11-16)12-5-6-14-7-13-3-1-2-4-18(13)22-19(14)10-12/h1-6,8-11H,7H2. The fourth-order valence-electron chi connectivity index (χ4n) is 2.77. The molecule has 0 radical (unpaired) electrons. The van der Waals surface area contributed by atoms with Crippen LogP contribution in [0.2, 0.25) is 0 Å². The molecule has 3 aromatic rings. The number of rotatable bonds is 1. The topological polar surface area (TPSA) is 9.23 Å². The van der Waals surface area contributed by atoms with Crippen LogP contribution in [0.4, 0.5) is 0 Å². The zero-order valence-electron chi connectivity index (χ0n) is 11.6.